The van der Waals surface area contributed by atoms with Crippen LogP contribution in [0.25, 0.3) is 0 Å². The Kier molecular flexibility index (Phi) is 9.01. The van der Waals surface area contributed by atoms with E-state index in [1.54, 1.807) is 11.8 Å². The van der Waals surface area contributed by atoms with Crippen molar-refractivity contribution in [2.24, 2.45) is 23.7 Å². The van der Waals surface area contributed by atoms with Gasteiger partial charge in [-0.15, -0.1) is 11.8 Å². The lowest BCUT2D eigenvalue weighted by Gasteiger charge is -2.37. The van der Waals surface area contributed by atoms with Crippen LogP contribution in [0.5, 0.6) is 0 Å². The Balaban J connectivity index is 1.31. The number of alkyl halides is 2. The number of ether oxygens (including phenoxy) is 2. The lowest BCUT2D eigenvalue weighted by Crippen LogP contribution is -2.43. The van der Waals surface area contributed by atoms with E-state index < -0.39 is 12.2 Å². The zero-order chi connectivity index (χ0) is 27.6. The molecule has 1 saturated heterocycles. The Morgan fingerprint density at radius 2 is 2.08 bits per heavy atom. The summed E-state index contributed by atoms with van der Waals surface area (Å²) in [6, 6.07) is 3.75. The number of esters is 1. The van der Waals surface area contributed by atoms with E-state index in [0.29, 0.717) is 43.1 Å². The molecule has 4 aliphatic rings. The molecular weight excluding hydrogens is 524 g/mol. The molecule has 3 unspecified atom stereocenters. The highest BCUT2D eigenvalue weighted by Gasteiger charge is 2.56. The maximum Gasteiger partial charge on any atom is 0.345 e. The predicted molar refractivity (Wildman–Crippen MR) is 146 cm³/mol. The third-order valence-corrected chi connectivity index (χ3v) is 10.5. The Bertz CT molecular complexity index is 1050. The van der Waals surface area contributed by atoms with E-state index >= 15 is 0 Å². The number of halogens is 2. The van der Waals surface area contributed by atoms with Gasteiger partial charge in [0, 0.05) is 25.6 Å². The highest BCUT2D eigenvalue weighted by molar-refractivity contribution is 7.99. The third-order valence-electron chi connectivity index (χ3n) is 9.26. The Labute approximate surface area is 234 Å². The van der Waals surface area contributed by atoms with Crippen LogP contribution >= 0.6 is 11.8 Å². The smallest absolute Gasteiger partial charge is 0.345 e. The maximum atomic E-state index is 13.7. The summed E-state index contributed by atoms with van der Waals surface area (Å²) in [4.78, 5) is 32.6. The molecule has 1 aromatic rings. The second-order valence-corrected chi connectivity index (χ2v) is 13.0. The number of fused-ring (bicyclic) bond motifs is 2. The van der Waals surface area contributed by atoms with Crippen LogP contribution in [0, 0.1) is 23.7 Å². The van der Waals surface area contributed by atoms with Crippen molar-refractivity contribution in [2.45, 2.75) is 94.4 Å². The average molecular weight is 566 g/mol. The van der Waals surface area contributed by atoms with Crippen molar-refractivity contribution < 1.29 is 27.8 Å². The number of hydrogen-bond donors (Lipinski definition) is 1. The number of thioether (sulfide) groups is 1. The predicted octanol–water partition coefficient (Wildman–Crippen LogP) is 5.67. The minimum atomic E-state index is -2.76. The second kappa shape index (κ2) is 12.3. The number of piperidine rings is 1. The van der Waals surface area contributed by atoms with Crippen molar-refractivity contribution in [2.75, 3.05) is 30.9 Å². The summed E-state index contributed by atoms with van der Waals surface area (Å²) in [5.74, 6) is 2.46. The largest absolute Gasteiger partial charge is 0.469 e. The molecule has 6 atom stereocenters. The number of carbonyl (C=O) groups excluding carboxylic acids is 2. The second-order valence-electron chi connectivity index (χ2n) is 12.0. The minimum absolute atomic E-state index is 0.0409. The molecule has 3 bridgehead atoms. The van der Waals surface area contributed by atoms with Crippen LogP contribution < -0.4 is 10.2 Å². The van der Waals surface area contributed by atoms with E-state index in [1.165, 1.54) is 7.11 Å². The van der Waals surface area contributed by atoms with Crippen molar-refractivity contribution in [1.82, 2.24) is 10.3 Å². The van der Waals surface area contributed by atoms with E-state index in [9.17, 15) is 18.4 Å². The number of methoxy groups -OCH3 is 1. The minimum Gasteiger partial charge on any atom is -0.469 e. The van der Waals surface area contributed by atoms with Gasteiger partial charge in [0.15, 0.2) is 0 Å². The van der Waals surface area contributed by atoms with E-state index in [2.05, 4.69) is 17.1 Å². The van der Waals surface area contributed by atoms with Crippen molar-refractivity contribution >= 4 is 29.5 Å². The molecule has 4 fully saturated rings. The van der Waals surface area contributed by atoms with Gasteiger partial charge >= 0.3 is 12.6 Å². The summed E-state index contributed by atoms with van der Waals surface area (Å²) >= 11 is 1.59. The summed E-state index contributed by atoms with van der Waals surface area (Å²) in [6.07, 6.45) is 8.16. The monoisotopic (exact) mass is 565 g/mol. The van der Waals surface area contributed by atoms with Gasteiger partial charge in [-0.2, -0.15) is 8.78 Å². The first kappa shape index (κ1) is 28.6. The Morgan fingerprint density at radius 3 is 2.85 bits per heavy atom. The number of anilines is 1. The van der Waals surface area contributed by atoms with Crippen LogP contribution in [0.1, 0.15) is 81.5 Å². The molecule has 216 valence electrons. The normalized spacial score (nSPS) is 31.8. The Morgan fingerprint density at radius 1 is 1.23 bits per heavy atom. The Hall–Kier alpha value is -1.94. The lowest BCUT2D eigenvalue weighted by molar-refractivity contribution is -0.219. The van der Waals surface area contributed by atoms with Crippen molar-refractivity contribution in [3.8, 4) is 0 Å². The molecule has 39 heavy (non-hydrogen) atoms. The SMILES string of the molecule is CCCSc1nc(N2CCC[C@@H](CC(=O)OC)C2)ccc1C(=O)N[C@H]1CCC2CC3C[C@@](OC(F)F)(C2)CC31. The van der Waals surface area contributed by atoms with Gasteiger partial charge in [0.2, 0.25) is 0 Å². The molecule has 0 spiro atoms. The van der Waals surface area contributed by atoms with Crippen LogP contribution in [0.2, 0.25) is 0 Å². The summed E-state index contributed by atoms with van der Waals surface area (Å²) < 4.78 is 36.6. The number of hydrogen-bond acceptors (Lipinski definition) is 7. The number of amides is 1. The number of aromatic nitrogens is 1. The average Bonchev–Trinajstić information content (AvgIpc) is 3.11. The molecule has 1 N–H and O–H groups in total. The molecule has 2 heterocycles. The van der Waals surface area contributed by atoms with Crippen LogP contribution in [-0.2, 0) is 14.3 Å². The fourth-order valence-corrected chi connectivity index (χ4v) is 8.57. The van der Waals surface area contributed by atoms with Crippen LogP contribution in [0.15, 0.2) is 17.2 Å². The van der Waals surface area contributed by atoms with Gasteiger partial charge in [0.1, 0.15) is 10.8 Å². The van der Waals surface area contributed by atoms with Crippen LogP contribution in [0.3, 0.4) is 0 Å². The van der Waals surface area contributed by atoms with E-state index in [4.69, 9.17) is 14.5 Å². The van der Waals surface area contributed by atoms with Gasteiger partial charge in [-0.1, -0.05) is 6.92 Å². The van der Waals surface area contributed by atoms with Gasteiger partial charge in [0.25, 0.3) is 5.91 Å². The molecule has 3 aliphatic carbocycles. The molecule has 1 aliphatic heterocycles. The fourth-order valence-electron chi connectivity index (χ4n) is 7.70. The standard InChI is InChI=1S/C29H41F2N3O4S/c1-3-11-39-27-21(7-9-24(33-27)34-10-4-5-19(17-34)13-25(35)37-2)26(36)32-23-8-6-18-12-20-15-29(14-18,16-22(20)23)38-28(30)31/h7,9,18-20,22-23,28H,3-6,8,10-17H2,1-2H3,(H,32,36)/t18?,19-,20?,22?,23-,29-/m0/s1. The molecule has 3 saturated carbocycles. The molecule has 0 aromatic carbocycles. The van der Waals surface area contributed by atoms with Gasteiger partial charge in [-0.05, 0) is 99.3 Å². The molecule has 1 amide bonds. The zero-order valence-electron chi connectivity index (χ0n) is 23.0. The highest BCUT2D eigenvalue weighted by Crippen LogP contribution is 2.57. The van der Waals surface area contributed by atoms with E-state index in [-0.39, 0.29) is 29.8 Å². The first-order chi connectivity index (χ1) is 18.8. The topological polar surface area (TPSA) is 80.8 Å². The summed E-state index contributed by atoms with van der Waals surface area (Å²) in [5.41, 5.74) is -0.163. The van der Waals surface area contributed by atoms with Crippen LogP contribution in [0.4, 0.5) is 14.6 Å². The van der Waals surface area contributed by atoms with Gasteiger partial charge in [0.05, 0.1) is 18.3 Å². The number of rotatable bonds is 10. The fraction of sp³-hybridized carbons (Fsp3) is 0.759. The maximum absolute atomic E-state index is 13.7. The first-order valence-electron chi connectivity index (χ1n) is 14.5. The van der Waals surface area contributed by atoms with Crippen molar-refractivity contribution in [3.63, 3.8) is 0 Å². The van der Waals surface area contributed by atoms with E-state index in [1.807, 2.05) is 12.1 Å². The molecule has 5 rings (SSSR count). The zero-order valence-corrected chi connectivity index (χ0v) is 23.8. The quantitative estimate of drug-likeness (QED) is 0.289. The van der Waals surface area contributed by atoms with E-state index in [0.717, 1.165) is 68.2 Å². The first-order valence-corrected chi connectivity index (χ1v) is 15.5. The van der Waals surface area contributed by atoms with Crippen LogP contribution in [-0.4, -0.2) is 61.1 Å². The van der Waals surface area contributed by atoms with Crippen molar-refractivity contribution in [1.29, 1.82) is 0 Å². The van der Waals surface area contributed by atoms with Gasteiger partial charge in [-0.3, -0.25) is 9.59 Å². The van der Waals surface area contributed by atoms with Gasteiger partial charge in [-0.25, -0.2) is 4.98 Å². The van der Waals surface area contributed by atoms with Crippen molar-refractivity contribution in [3.05, 3.63) is 17.7 Å². The molecule has 7 nitrogen and oxygen atoms in total. The molecular formula is C29H41F2N3O4S. The number of nitrogens with zero attached hydrogens (tertiary/aromatic N) is 2. The number of carbonyl (C=O) groups is 2. The number of pyridine rings is 1. The molecule has 0 radical (unpaired) electrons. The third kappa shape index (κ3) is 6.53. The van der Waals surface area contributed by atoms with Gasteiger partial charge < -0.3 is 19.7 Å². The summed E-state index contributed by atoms with van der Waals surface area (Å²) in [7, 11) is 1.42. The summed E-state index contributed by atoms with van der Waals surface area (Å²) in [5, 5.41) is 4.03. The number of nitrogens with one attached hydrogen (secondary N) is 1. The summed E-state index contributed by atoms with van der Waals surface area (Å²) in [6.45, 7) is 0.949. The molecule has 1 aromatic heterocycles. The molecule has 10 heteroatoms. The highest BCUT2D eigenvalue weighted by atomic mass is 32.2. The lowest BCUT2D eigenvalue weighted by atomic mass is 9.77.